The molecule has 0 fully saturated rings. The van der Waals surface area contributed by atoms with Crippen molar-refractivity contribution in [2.45, 2.75) is 0 Å². The van der Waals surface area contributed by atoms with Gasteiger partial charge in [0.2, 0.25) is 5.78 Å². The summed E-state index contributed by atoms with van der Waals surface area (Å²) in [6.45, 7) is 0. The Morgan fingerprint density at radius 2 is 2.00 bits per heavy atom. The normalized spacial score (nSPS) is 10.4. The van der Waals surface area contributed by atoms with Crippen molar-refractivity contribution in [2.24, 2.45) is 0 Å². The van der Waals surface area contributed by atoms with E-state index in [4.69, 9.17) is 11.6 Å². The molecular formula is C11H5Br2ClOS. The number of ketones is 1. The number of benzene rings is 1. The Bertz CT molecular complexity index is 551. The molecule has 0 aliphatic rings. The molecule has 82 valence electrons. The lowest BCUT2D eigenvalue weighted by Gasteiger charge is -2.03. The van der Waals surface area contributed by atoms with Gasteiger partial charge in [0.25, 0.3) is 0 Å². The van der Waals surface area contributed by atoms with Crippen LogP contribution in [0.5, 0.6) is 0 Å². The number of carbonyl (C=O) groups is 1. The number of halogens is 3. The second-order valence-electron chi connectivity index (χ2n) is 3.05. The molecule has 0 radical (unpaired) electrons. The Kier molecular flexibility index (Phi) is 3.85. The minimum absolute atomic E-state index is 0.0561. The molecule has 2 rings (SSSR count). The molecule has 1 aromatic carbocycles. The topological polar surface area (TPSA) is 17.1 Å². The third-order valence-electron chi connectivity index (χ3n) is 2.00. The summed E-state index contributed by atoms with van der Waals surface area (Å²) < 4.78 is 1.68. The highest BCUT2D eigenvalue weighted by Gasteiger charge is 2.16. The number of hydrogen-bond acceptors (Lipinski definition) is 2. The second kappa shape index (κ2) is 5.00. The van der Waals surface area contributed by atoms with Gasteiger partial charge in [-0.15, -0.1) is 11.3 Å². The van der Waals surface area contributed by atoms with E-state index in [1.807, 2.05) is 17.5 Å². The summed E-state index contributed by atoms with van der Waals surface area (Å²) in [5.41, 5.74) is 0.618. The van der Waals surface area contributed by atoms with Crippen molar-refractivity contribution in [1.82, 2.24) is 0 Å². The predicted molar refractivity (Wildman–Crippen MR) is 74.6 cm³/mol. The van der Waals surface area contributed by atoms with Gasteiger partial charge in [-0.05, 0) is 45.6 Å². The van der Waals surface area contributed by atoms with E-state index in [0.717, 1.165) is 8.95 Å². The van der Waals surface area contributed by atoms with Gasteiger partial charge in [0.1, 0.15) is 0 Å². The van der Waals surface area contributed by atoms with Gasteiger partial charge in [-0.25, -0.2) is 0 Å². The number of thiophene rings is 1. The molecule has 0 amide bonds. The number of hydrogen-bond donors (Lipinski definition) is 0. The largest absolute Gasteiger partial charge is 0.288 e. The molecule has 5 heteroatoms. The molecule has 0 bridgehead atoms. The van der Waals surface area contributed by atoms with Crippen LogP contribution in [-0.4, -0.2) is 5.78 Å². The molecule has 0 aliphatic heterocycles. The van der Waals surface area contributed by atoms with Crippen LogP contribution in [0.3, 0.4) is 0 Å². The van der Waals surface area contributed by atoms with Crippen LogP contribution in [0.15, 0.2) is 38.6 Å². The van der Waals surface area contributed by atoms with Crippen molar-refractivity contribution < 1.29 is 4.79 Å². The van der Waals surface area contributed by atoms with Gasteiger partial charge in [0, 0.05) is 14.5 Å². The minimum atomic E-state index is -0.0561. The maximum Gasteiger partial charge on any atom is 0.205 e. The average molecular weight is 380 g/mol. The first-order valence-electron chi connectivity index (χ1n) is 4.32. The first kappa shape index (κ1) is 12.3. The molecule has 1 aromatic heterocycles. The van der Waals surface area contributed by atoms with Crippen molar-refractivity contribution in [3.63, 3.8) is 0 Å². The van der Waals surface area contributed by atoms with E-state index < -0.39 is 0 Å². The quantitative estimate of drug-likeness (QED) is 0.658. The molecule has 0 saturated heterocycles. The van der Waals surface area contributed by atoms with Crippen LogP contribution >= 0.6 is 54.8 Å². The summed E-state index contributed by atoms with van der Waals surface area (Å²) >= 11 is 14.0. The Morgan fingerprint density at radius 1 is 1.25 bits per heavy atom. The third-order valence-corrected chi connectivity index (χ3v) is 4.49. The standard InChI is InChI=1S/C11H5Br2ClOS/c12-6-1-2-7(8(13)5-6)10(15)11-9(14)3-4-16-11/h1-5H. The summed E-state index contributed by atoms with van der Waals surface area (Å²) in [5, 5.41) is 2.31. The lowest BCUT2D eigenvalue weighted by atomic mass is 10.1. The molecule has 0 atom stereocenters. The second-order valence-corrected chi connectivity index (χ2v) is 6.14. The Hall–Kier alpha value is -0.160. The molecule has 1 nitrogen and oxygen atoms in total. The van der Waals surface area contributed by atoms with Crippen LogP contribution in [0.1, 0.15) is 15.2 Å². The maximum atomic E-state index is 12.1. The fourth-order valence-corrected chi connectivity index (χ4v) is 3.57. The zero-order chi connectivity index (χ0) is 11.7. The highest BCUT2D eigenvalue weighted by Crippen LogP contribution is 2.29. The molecule has 0 unspecified atom stereocenters. The highest BCUT2D eigenvalue weighted by molar-refractivity contribution is 9.11. The summed E-state index contributed by atoms with van der Waals surface area (Å²) in [7, 11) is 0. The Morgan fingerprint density at radius 3 is 2.56 bits per heavy atom. The molecule has 1 heterocycles. The van der Waals surface area contributed by atoms with Gasteiger partial charge in [0.05, 0.1) is 9.90 Å². The molecule has 0 saturated carbocycles. The van der Waals surface area contributed by atoms with Crippen molar-refractivity contribution >= 4 is 60.6 Å². The molecule has 16 heavy (non-hydrogen) atoms. The molecular weight excluding hydrogens is 375 g/mol. The van der Waals surface area contributed by atoms with Gasteiger partial charge in [-0.2, -0.15) is 0 Å². The fourth-order valence-electron chi connectivity index (χ4n) is 1.25. The third kappa shape index (κ3) is 2.40. The van der Waals surface area contributed by atoms with Gasteiger partial charge in [-0.3, -0.25) is 4.79 Å². The molecule has 0 spiro atoms. The average Bonchev–Trinajstić information content (AvgIpc) is 2.63. The van der Waals surface area contributed by atoms with Crippen molar-refractivity contribution in [2.75, 3.05) is 0 Å². The highest BCUT2D eigenvalue weighted by atomic mass is 79.9. The van der Waals surface area contributed by atoms with E-state index in [1.165, 1.54) is 11.3 Å². The monoisotopic (exact) mass is 378 g/mol. The zero-order valence-electron chi connectivity index (χ0n) is 7.84. The molecule has 0 aliphatic carbocycles. The maximum absolute atomic E-state index is 12.1. The summed E-state index contributed by atoms with van der Waals surface area (Å²) in [4.78, 5) is 12.7. The van der Waals surface area contributed by atoms with E-state index in [0.29, 0.717) is 15.5 Å². The Balaban J connectivity index is 2.46. The van der Waals surface area contributed by atoms with Crippen LogP contribution in [0.2, 0.25) is 5.02 Å². The Labute approximate surface area is 119 Å². The van der Waals surface area contributed by atoms with Crippen LogP contribution < -0.4 is 0 Å². The number of rotatable bonds is 2. The first-order chi connectivity index (χ1) is 7.59. The molecule has 0 N–H and O–H groups in total. The lowest BCUT2D eigenvalue weighted by molar-refractivity contribution is 0.104. The van der Waals surface area contributed by atoms with E-state index >= 15 is 0 Å². The molecule has 2 aromatic rings. The van der Waals surface area contributed by atoms with Crippen molar-refractivity contribution in [1.29, 1.82) is 0 Å². The van der Waals surface area contributed by atoms with Crippen molar-refractivity contribution in [3.8, 4) is 0 Å². The smallest absolute Gasteiger partial charge is 0.205 e. The van der Waals surface area contributed by atoms with E-state index in [1.54, 1.807) is 12.1 Å². The van der Waals surface area contributed by atoms with Crippen LogP contribution in [0.25, 0.3) is 0 Å². The van der Waals surface area contributed by atoms with E-state index in [2.05, 4.69) is 31.9 Å². The van der Waals surface area contributed by atoms with E-state index in [9.17, 15) is 4.79 Å². The van der Waals surface area contributed by atoms with Crippen LogP contribution in [-0.2, 0) is 0 Å². The summed E-state index contributed by atoms with van der Waals surface area (Å²) in [5.74, 6) is -0.0561. The zero-order valence-corrected chi connectivity index (χ0v) is 12.6. The fraction of sp³-hybridized carbons (Fsp3) is 0. The van der Waals surface area contributed by atoms with E-state index in [-0.39, 0.29) is 5.78 Å². The van der Waals surface area contributed by atoms with Crippen LogP contribution in [0.4, 0.5) is 0 Å². The predicted octanol–water partition coefficient (Wildman–Crippen LogP) is 5.16. The van der Waals surface area contributed by atoms with Gasteiger partial charge in [0.15, 0.2) is 0 Å². The van der Waals surface area contributed by atoms with Gasteiger partial charge < -0.3 is 0 Å². The number of carbonyl (C=O) groups excluding carboxylic acids is 1. The van der Waals surface area contributed by atoms with Crippen molar-refractivity contribution in [3.05, 3.63) is 54.1 Å². The SMILES string of the molecule is O=C(c1ccc(Br)cc1Br)c1sccc1Cl. The summed E-state index contributed by atoms with van der Waals surface area (Å²) in [6, 6.07) is 7.17. The van der Waals surface area contributed by atoms with Gasteiger partial charge >= 0.3 is 0 Å². The first-order valence-corrected chi connectivity index (χ1v) is 7.16. The lowest BCUT2D eigenvalue weighted by Crippen LogP contribution is -2.00. The summed E-state index contributed by atoms with van der Waals surface area (Å²) in [6.07, 6.45) is 0. The van der Waals surface area contributed by atoms with Gasteiger partial charge in [-0.1, -0.05) is 27.5 Å². The van der Waals surface area contributed by atoms with Crippen LogP contribution in [0, 0.1) is 0 Å². The minimum Gasteiger partial charge on any atom is -0.288 e.